The van der Waals surface area contributed by atoms with Crippen molar-refractivity contribution in [2.24, 2.45) is 5.92 Å². The number of benzene rings is 1. The Morgan fingerprint density at radius 3 is 2.18 bits per heavy atom. The molecule has 96 valence electrons. The molecule has 1 aromatic rings. The SMILES string of the molecule is CCC(NC(C)CC(C)C)c1ccc(Br)cc1. The van der Waals surface area contributed by atoms with Crippen LogP contribution in [0.3, 0.4) is 0 Å². The lowest BCUT2D eigenvalue weighted by atomic mass is 10.0. The highest BCUT2D eigenvalue weighted by molar-refractivity contribution is 9.10. The molecule has 2 unspecified atom stereocenters. The first kappa shape index (κ1) is 14.7. The molecular formula is C15H24BrN. The number of nitrogens with one attached hydrogen (secondary N) is 1. The zero-order valence-corrected chi connectivity index (χ0v) is 12.9. The van der Waals surface area contributed by atoms with Gasteiger partial charge in [-0.1, -0.05) is 48.8 Å². The quantitative estimate of drug-likeness (QED) is 0.785. The van der Waals surface area contributed by atoms with E-state index in [1.54, 1.807) is 0 Å². The van der Waals surface area contributed by atoms with Crippen LogP contribution in [0.2, 0.25) is 0 Å². The molecule has 0 fully saturated rings. The first-order valence-electron chi connectivity index (χ1n) is 6.54. The normalized spacial score (nSPS) is 14.9. The molecule has 1 rings (SSSR count). The largest absolute Gasteiger partial charge is 0.307 e. The molecule has 1 nitrogen and oxygen atoms in total. The molecule has 0 heterocycles. The molecule has 0 amide bonds. The van der Waals surface area contributed by atoms with Crippen molar-refractivity contribution in [1.29, 1.82) is 0 Å². The molecule has 0 aliphatic rings. The third-order valence-corrected chi connectivity index (χ3v) is 3.52. The zero-order valence-electron chi connectivity index (χ0n) is 11.3. The van der Waals surface area contributed by atoms with Crippen molar-refractivity contribution in [3.8, 4) is 0 Å². The van der Waals surface area contributed by atoms with Gasteiger partial charge in [-0.2, -0.15) is 0 Å². The summed E-state index contributed by atoms with van der Waals surface area (Å²) < 4.78 is 1.14. The van der Waals surface area contributed by atoms with E-state index in [9.17, 15) is 0 Å². The summed E-state index contributed by atoms with van der Waals surface area (Å²) in [5.41, 5.74) is 1.38. The molecule has 0 bridgehead atoms. The van der Waals surface area contributed by atoms with E-state index < -0.39 is 0 Å². The van der Waals surface area contributed by atoms with Crippen LogP contribution in [0.5, 0.6) is 0 Å². The van der Waals surface area contributed by atoms with E-state index in [0.29, 0.717) is 12.1 Å². The van der Waals surface area contributed by atoms with Gasteiger partial charge in [0.05, 0.1) is 0 Å². The number of hydrogen-bond donors (Lipinski definition) is 1. The first-order chi connectivity index (χ1) is 8.02. The van der Waals surface area contributed by atoms with E-state index in [4.69, 9.17) is 0 Å². The summed E-state index contributed by atoms with van der Waals surface area (Å²) >= 11 is 3.48. The van der Waals surface area contributed by atoms with Crippen LogP contribution in [-0.2, 0) is 0 Å². The summed E-state index contributed by atoms with van der Waals surface area (Å²) in [4.78, 5) is 0. The lowest BCUT2D eigenvalue weighted by Gasteiger charge is -2.24. The van der Waals surface area contributed by atoms with Crippen molar-refractivity contribution in [2.45, 2.75) is 52.6 Å². The van der Waals surface area contributed by atoms with E-state index in [1.165, 1.54) is 12.0 Å². The maximum Gasteiger partial charge on any atom is 0.0319 e. The van der Waals surface area contributed by atoms with Gasteiger partial charge in [-0.25, -0.2) is 0 Å². The van der Waals surface area contributed by atoms with E-state index in [2.05, 4.69) is 73.2 Å². The standard InChI is InChI=1S/C15H24BrN/c1-5-15(17-12(4)10-11(2)3)13-6-8-14(16)9-7-13/h6-9,11-12,15,17H,5,10H2,1-4H3. The molecule has 0 aromatic heterocycles. The Morgan fingerprint density at radius 2 is 1.71 bits per heavy atom. The van der Waals surface area contributed by atoms with Crippen LogP contribution in [0.4, 0.5) is 0 Å². The number of rotatable bonds is 6. The highest BCUT2D eigenvalue weighted by atomic mass is 79.9. The summed E-state index contributed by atoms with van der Waals surface area (Å²) in [7, 11) is 0. The molecule has 0 aliphatic heterocycles. The third kappa shape index (κ3) is 5.22. The second-order valence-corrected chi connectivity index (χ2v) is 6.13. The van der Waals surface area contributed by atoms with Gasteiger partial charge in [0, 0.05) is 16.6 Å². The molecule has 17 heavy (non-hydrogen) atoms. The van der Waals surface area contributed by atoms with Gasteiger partial charge in [0.25, 0.3) is 0 Å². The van der Waals surface area contributed by atoms with Gasteiger partial charge >= 0.3 is 0 Å². The van der Waals surface area contributed by atoms with Gasteiger partial charge in [-0.15, -0.1) is 0 Å². The highest BCUT2D eigenvalue weighted by Gasteiger charge is 2.13. The van der Waals surface area contributed by atoms with Crippen LogP contribution in [0, 0.1) is 5.92 Å². The summed E-state index contributed by atoms with van der Waals surface area (Å²) in [6.45, 7) is 9.07. The first-order valence-corrected chi connectivity index (χ1v) is 7.33. The fourth-order valence-electron chi connectivity index (χ4n) is 2.26. The summed E-state index contributed by atoms with van der Waals surface area (Å²) in [6, 6.07) is 9.68. The predicted octanol–water partition coefficient (Wildman–Crippen LogP) is 4.92. The van der Waals surface area contributed by atoms with E-state index >= 15 is 0 Å². The molecule has 2 heteroatoms. The Labute approximate surface area is 114 Å². The predicted molar refractivity (Wildman–Crippen MR) is 79.2 cm³/mol. The Hall–Kier alpha value is -0.340. The van der Waals surface area contributed by atoms with Crippen molar-refractivity contribution < 1.29 is 0 Å². The van der Waals surface area contributed by atoms with Crippen molar-refractivity contribution in [3.05, 3.63) is 34.3 Å². The Kier molecular flexibility index (Phi) is 6.21. The molecule has 2 atom stereocenters. The van der Waals surface area contributed by atoms with Crippen LogP contribution in [0.1, 0.15) is 52.1 Å². The Bertz CT molecular complexity index is 318. The molecule has 1 aromatic carbocycles. The highest BCUT2D eigenvalue weighted by Crippen LogP contribution is 2.20. The molecule has 0 aliphatic carbocycles. The monoisotopic (exact) mass is 297 g/mol. The smallest absolute Gasteiger partial charge is 0.0319 e. The molecule has 1 N–H and O–H groups in total. The lowest BCUT2D eigenvalue weighted by molar-refractivity contribution is 0.388. The topological polar surface area (TPSA) is 12.0 Å². The van der Waals surface area contributed by atoms with Gasteiger partial charge in [-0.05, 0) is 43.4 Å². The molecule has 0 spiro atoms. The van der Waals surface area contributed by atoms with E-state index in [1.807, 2.05) is 0 Å². The van der Waals surface area contributed by atoms with Crippen LogP contribution in [0.25, 0.3) is 0 Å². The minimum atomic E-state index is 0.469. The maximum absolute atomic E-state index is 3.72. The fourth-order valence-corrected chi connectivity index (χ4v) is 2.53. The summed E-state index contributed by atoms with van der Waals surface area (Å²) in [5, 5.41) is 3.72. The van der Waals surface area contributed by atoms with Gasteiger partial charge in [-0.3, -0.25) is 0 Å². The molecule has 0 radical (unpaired) electrons. The fraction of sp³-hybridized carbons (Fsp3) is 0.600. The third-order valence-electron chi connectivity index (χ3n) is 2.99. The zero-order chi connectivity index (χ0) is 12.8. The minimum absolute atomic E-state index is 0.469. The molecular weight excluding hydrogens is 274 g/mol. The van der Waals surface area contributed by atoms with Crippen molar-refractivity contribution >= 4 is 15.9 Å². The van der Waals surface area contributed by atoms with Crippen molar-refractivity contribution in [2.75, 3.05) is 0 Å². The second-order valence-electron chi connectivity index (χ2n) is 5.21. The summed E-state index contributed by atoms with van der Waals surface area (Å²) in [5.74, 6) is 0.750. The number of halogens is 1. The van der Waals surface area contributed by atoms with Gasteiger partial charge in [0.2, 0.25) is 0 Å². The van der Waals surface area contributed by atoms with Crippen LogP contribution < -0.4 is 5.32 Å². The van der Waals surface area contributed by atoms with Gasteiger partial charge < -0.3 is 5.32 Å². The van der Waals surface area contributed by atoms with Crippen molar-refractivity contribution in [3.63, 3.8) is 0 Å². The maximum atomic E-state index is 3.72. The minimum Gasteiger partial charge on any atom is -0.307 e. The second kappa shape index (κ2) is 7.17. The Morgan fingerprint density at radius 1 is 1.12 bits per heavy atom. The van der Waals surface area contributed by atoms with E-state index in [-0.39, 0.29) is 0 Å². The van der Waals surface area contributed by atoms with Crippen LogP contribution in [0.15, 0.2) is 28.7 Å². The summed E-state index contributed by atoms with van der Waals surface area (Å²) in [6.07, 6.45) is 2.36. The average Bonchev–Trinajstić information content (AvgIpc) is 2.26. The average molecular weight is 298 g/mol. The molecule has 0 saturated heterocycles. The van der Waals surface area contributed by atoms with Gasteiger partial charge in [0.15, 0.2) is 0 Å². The molecule has 0 saturated carbocycles. The van der Waals surface area contributed by atoms with E-state index in [0.717, 1.165) is 16.8 Å². The van der Waals surface area contributed by atoms with Crippen LogP contribution in [-0.4, -0.2) is 6.04 Å². The Balaban J connectivity index is 2.62. The van der Waals surface area contributed by atoms with Crippen molar-refractivity contribution in [1.82, 2.24) is 5.32 Å². The van der Waals surface area contributed by atoms with Crippen LogP contribution >= 0.6 is 15.9 Å². The lowest BCUT2D eigenvalue weighted by Crippen LogP contribution is -2.31. The van der Waals surface area contributed by atoms with Gasteiger partial charge in [0.1, 0.15) is 0 Å². The number of hydrogen-bond acceptors (Lipinski definition) is 1.